The number of fused-ring (bicyclic) bond motifs is 1. The molecule has 25 heavy (non-hydrogen) atoms. The van der Waals surface area contributed by atoms with Gasteiger partial charge in [0.2, 0.25) is 5.88 Å². The van der Waals surface area contributed by atoms with Crippen LogP contribution < -0.4 is 5.32 Å². The SMILES string of the molecule is CCn1c(O)c(N=NC(=O)CNC(=O)c2cccs2)c2ccccc21. The Balaban J connectivity index is 1.73. The Hall–Kier alpha value is -3.00. The lowest BCUT2D eigenvalue weighted by Crippen LogP contribution is -2.27. The van der Waals surface area contributed by atoms with Crippen molar-refractivity contribution in [2.24, 2.45) is 10.2 Å². The van der Waals surface area contributed by atoms with Crippen molar-refractivity contribution in [3.05, 3.63) is 46.7 Å². The molecule has 2 aromatic heterocycles. The smallest absolute Gasteiger partial charge is 0.283 e. The van der Waals surface area contributed by atoms with E-state index in [0.717, 1.165) is 5.52 Å². The summed E-state index contributed by atoms with van der Waals surface area (Å²) in [6.07, 6.45) is 0. The highest BCUT2D eigenvalue weighted by Gasteiger charge is 2.15. The molecule has 1 aromatic carbocycles. The topological polar surface area (TPSA) is 96.0 Å². The zero-order valence-corrected chi connectivity index (χ0v) is 14.3. The van der Waals surface area contributed by atoms with E-state index in [9.17, 15) is 14.7 Å². The summed E-state index contributed by atoms with van der Waals surface area (Å²) in [5.41, 5.74) is 1.06. The molecule has 128 valence electrons. The molecule has 7 nitrogen and oxygen atoms in total. The summed E-state index contributed by atoms with van der Waals surface area (Å²) in [4.78, 5) is 24.2. The second-order valence-electron chi connectivity index (χ2n) is 5.19. The van der Waals surface area contributed by atoms with E-state index < -0.39 is 5.91 Å². The molecule has 0 aliphatic heterocycles. The van der Waals surface area contributed by atoms with Crippen molar-refractivity contribution in [3.8, 4) is 5.88 Å². The molecule has 0 fully saturated rings. The molecular weight excluding hydrogens is 340 g/mol. The average Bonchev–Trinajstić information content (AvgIpc) is 3.24. The highest BCUT2D eigenvalue weighted by Crippen LogP contribution is 2.38. The van der Waals surface area contributed by atoms with Gasteiger partial charge in [0, 0.05) is 11.9 Å². The van der Waals surface area contributed by atoms with Crippen molar-refractivity contribution in [3.63, 3.8) is 0 Å². The lowest BCUT2D eigenvalue weighted by Gasteiger charge is -2.01. The Bertz CT molecular complexity index is 944. The van der Waals surface area contributed by atoms with Crippen LogP contribution in [-0.2, 0) is 11.3 Å². The Kier molecular flexibility index (Phi) is 4.90. The lowest BCUT2D eigenvalue weighted by atomic mass is 10.2. The Morgan fingerprint density at radius 3 is 2.76 bits per heavy atom. The van der Waals surface area contributed by atoms with Gasteiger partial charge in [-0.05, 0) is 24.4 Å². The first kappa shape index (κ1) is 16.8. The summed E-state index contributed by atoms with van der Waals surface area (Å²) in [5.74, 6) is -0.968. The number of hydrogen-bond donors (Lipinski definition) is 2. The number of nitrogens with zero attached hydrogens (tertiary/aromatic N) is 3. The number of aromatic nitrogens is 1. The van der Waals surface area contributed by atoms with Crippen LogP contribution in [0.25, 0.3) is 10.9 Å². The van der Waals surface area contributed by atoms with Crippen LogP contribution in [0.5, 0.6) is 5.88 Å². The van der Waals surface area contributed by atoms with Crippen LogP contribution in [0.15, 0.2) is 52.0 Å². The minimum absolute atomic E-state index is 0.0390. The van der Waals surface area contributed by atoms with Gasteiger partial charge in [-0.25, -0.2) is 0 Å². The van der Waals surface area contributed by atoms with Crippen LogP contribution in [0.3, 0.4) is 0 Å². The van der Waals surface area contributed by atoms with Gasteiger partial charge in [-0.2, -0.15) is 0 Å². The van der Waals surface area contributed by atoms with Crippen molar-refractivity contribution >= 4 is 39.7 Å². The molecule has 0 unspecified atom stereocenters. The molecule has 0 radical (unpaired) electrons. The van der Waals surface area contributed by atoms with E-state index in [1.165, 1.54) is 11.3 Å². The van der Waals surface area contributed by atoms with Crippen LogP contribution in [0, 0.1) is 0 Å². The fraction of sp³-hybridized carbons (Fsp3) is 0.176. The maximum absolute atomic E-state index is 11.9. The first-order valence-electron chi connectivity index (χ1n) is 7.68. The van der Waals surface area contributed by atoms with Gasteiger partial charge in [-0.3, -0.25) is 9.59 Å². The third-order valence-corrected chi connectivity index (χ3v) is 4.51. The monoisotopic (exact) mass is 356 g/mol. The summed E-state index contributed by atoms with van der Waals surface area (Å²) in [5, 5.41) is 22.8. The lowest BCUT2D eigenvalue weighted by molar-refractivity contribution is -0.117. The minimum atomic E-state index is -0.599. The van der Waals surface area contributed by atoms with Gasteiger partial charge in [0.15, 0.2) is 5.69 Å². The van der Waals surface area contributed by atoms with Gasteiger partial charge >= 0.3 is 0 Å². The van der Waals surface area contributed by atoms with Gasteiger partial charge in [0.1, 0.15) is 6.54 Å². The van der Waals surface area contributed by atoms with Crippen molar-refractivity contribution < 1.29 is 14.7 Å². The molecule has 8 heteroatoms. The maximum Gasteiger partial charge on any atom is 0.283 e. The van der Waals surface area contributed by atoms with Gasteiger partial charge in [-0.1, -0.05) is 24.3 Å². The number of thiophene rings is 1. The fourth-order valence-electron chi connectivity index (χ4n) is 2.48. The molecule has 2 heterocycles. The Morgan fingerprint density at radius 2 is 2.04 bits per heavy atom. The van der Waals surface area contributed by atoms with E-state index in [1.54, 1.807) is 28.1 Å². The predicted molar refractivity (Wildman–Crippen MR) is 95.5 cm³/mol. The largest absolute Gasteiger partial charge is 0.493 e. The molecule has 0 aliphatic rings. The number of carbonyl (C=O) groups is 2. The van der Waals surface area contributed by atoms with Crippen LogP contribution in [0.4, 0.5) is 5.69 Å². The molecule has 3 rings (SSSR count). The number of aryl methyl sites for hydroxylation is 1. The van der Waals surface area contributed by atoms with E-state index in [4.69, 9.17) is 0 Å². The number of carbonyl (C=O) groups excluding carboxylic acids is 2. The van der Waals surface area contributed by atoms with E-state index in [1.807, 2.05) is 25.1 Å². The fourth-order valence-corrected chi connectivity index (χ4v) is 3.12. The molecule has 0 spiro atoms. The van der Waals surface area contributed by atoms with Crippen LogP contribution >= 0.6 is 11.3 Å². The molecule has 0 bridgehead atoms. The van der Waals surface area contributed by atoms with Crippen molar-refractivity contribution in [2.75, 3.05) is 6.54 Å². The number of benzene rings is 1. The van der Waals surface area contributed by atoms with Crippen LogP contribution in [-0.4, -0.2) is 28.0 Å². The summed E-state index contributed by atoms with van der Waals surface area (Å²) >= 11 is 1.29. The van der Waals surface area contributed by atoms with E-state index >= 15 is 0 Å². The molecule has 0 saturated carbocycles. The number of rotatable bonds is 5. The van der Waals surface area contributed by atoms with Crippen LogP contribution in [0.1, 0.15) is 16.6 Å². The third kappa shape index (κ3) is 3.43. The Morgan fingerprint density at radius 1 is 1.24 bits per heavy atom. The van der Waals surface area contributed by atoms with Crippen molar-refractivity contribution in [1.29, 1.82) is 0 Å². The van der Waals surface area contributed by atoms with Gasteiger partial charge in [0.05, 0.1) is 10.4 Å². The standard InChI is InChI=1S/C17H16N4O3S/c1-2-21-12-7-4-3-6-11(12)15(17(21)24)20-19-14(22)10-18-16(23)13-8-5-9-25-13/h3-9,24H,2,10H2,1H3,(H,18,23). The van der Waals surface area contributed by atoms with Gasteiger partial charge < -0.3 is 15.0 Å². The predicted octanol–water partition coefficient (Wildman–Crippen LogP) is 3.47. The second kappa shape index (κ2) is 7.27. The number of para-hydroxylation sites is 1. The minimum Gasteiger partial charge on any atom is -0.493 e. The quantitative estimate of drug-likeness (QED) is 0.685. The zero-order chi connectivity index (χ0) is 17.8. The molecule has 2 N–H and O–H groups in total. The second-order valence-corrected chi connectivity index (χ2v) is 6.14. The number of hydrogen-bond acceptors (Lipinski definition) is 5. The van der Waals surface area contributed by atoms with E-state index in [0.29, 0.717) is 16.8 Å². The normalized spacial score (nSPS) is 11.2. The van der Waals surface area contributed by atoms with E-state index in [-0.39, 0.29) is 24.0 Å². The molecule has 0 aliphatic carbocycles. The van der Waals surface area contributed by atoms with Crippen molar-refractivity contribution in [1.82, 2.24) is 9.88 Å². The van der Waals surface area contributed by atoms with Gasteiger partial charge in [-0.15, -0.1) is 21.6 Å². The number of azo groups is 1. The van der Waals surface area contributed by atoms with Gasteiger partial charge in [0.25, 0.3) is 11.8 Å². The molecule has 0 atom stereocenters. The summed E-state index contributed by atoms with van der Waals surface area (Å²) in [7, 11) is 0. The Labute approximate surface area is 147 Å². The highest BCUT2D eigenvalue weighted by atomic mass is 32.1. The first-order valence-corrected chi connectivity index (χ1v) is 8.56. The maximum atomic E-state index is 11.9. The number of aromatic hydroxyl groups is 1. The molecule has 0 saturated heterocycles. The summed E-state index contributed by atoms with van der Waals surface area (Å²) < 4.78 is 1.69. The average molecular weight is 356 g/mol. The van der Waals surface area contributed by atoms with Crippen molar-refractivity contribution in [2.45, 2.75) is 13.5 Å². The highest BCUT2D eigenvalue weighted by molar-refractivity contribution is 7.12. The number of amides is 2. The van der Waals surface area contributed by atoms with E-state index in [2.05, 4.69) is 15.5 Å². The molecule has 3 aromatic rings. The molecular formula is C17H16N4O3S. The molecule has 2 amide bonds. The summed E-state index contributed by atoms with van der Waals surface area (Å²) in [6.45, 7) is 2.21. The first-order chi connectivity index (χ1) is 12.1. The van der Waals surface area contributed by atoms with Crippen LogP contribution in [0.2, 0.25) is 0 Å². The summed E-state index contributed by atoms with van der Waals surface area (Å²) in [6, 6.07) is 10.8. The third-order valence-electron chi connectivity index (χ3n) is 3.64. The number of nitrogens with one attached hydrogen (secondary N) is 1. The zero-order valence-electron chi connectivity index (χ0n) is 13.5.